The maximum Gasteiger partial charge on any atom is 0.320 e. The van der Waals surface area contributed by atoms with Gasteiger partial charge in [0.1, 0.15) is 6.04 Å². The normalized spacial score (nSPS) is 12.6. The average Bonchev–Trinajstić information content (AvgIpc) is 2.28. The van der Waals surface area contributed by atoms with Crippen LogP contribution < -0.4 is 5.73 Å². The van der Waals surface area contributed by atoms with E-state index in [-0.39, 0.29) is 0 Å². The van der Waals surface area contributed by atoms with Crippen molar-refractivity contribution in [2.24, 2.45) is 5.73 Å². The number of carboxylic acids is 1. The highest BCUT2D eigenvalue weighted by Crippen LogP contribution is 2.19. The number of aliphatic carboxylic acids is 1. The minimum atomic E-state index is -0.983. The van der Waals surface area contributed by atoms with Gasteiger partial charge in [0, 0.05) is 11.1 Å². The van der Waals surface area contributed by atoms with Gasteiger partial charge in [-0.2, -0.15) is 0 Å². The van der Waals surface area contributed by atoms with Gasteiger partial charge in [0.2, 0.25) is 0 Å². The zero-order valence-corrected chi connectivity index (χ0v) is 9.55. The van der Waals surface area contributed by atoms with Gasteiger partial charge < -0.3 is 10.8 Å². The van der Waals surface area contributed by atoms with Crippen molar-refractivity contribution >= 4 is 16.9 Å². The predicted octanol–water partition coefficient (Wildman–Crippen LogP) is 1.50. The van der Waals surface area contributed by atoms with E-state index in [4.69, 9.17) is 10.8 Å². The van der Waals surface area contributed by atoms with E-state index in [1.165, 1.54) is 0 Å². The fourth-order valence-electron chi connectivity index (χ4n) is 1.89. The smallest absolute Gasteiger partial charge is 0.320 e. The molecule has 0 fully saturated rings. The van der Waals surface area contributed by atoms with Crippen molar-refractivity contribution in [1.82, 2.24) is 4.98 Å². The van der Waals surface area contributed by atoms with Crippen LogP contribution in [0.5, 0.6) is 0 Å². The van der Waals surface area contributed by atoms with Crippen LogP contribution in [-0.4, -0.2) is 22.1 Å². The van der Waals surface area contributed by atoms with E-state index < -0.39 is 12.0 Å². The van der Waals surface area contributed by atoms with Gasteiger partial charge >= 0.3 is 5.97 Å². The summed E-state index contributed by atoms with van der Waals surface area (Å²) in [6.45, 7) is 1.89. The summed E-state index contributed by atoms with van der Waals surface area (Å²) in [5.74, 6) is -0.983. The number of hydrogen-bond acceptors (Lipinski definition) is 3. The topological polar surface area (TPSA) is 76.2 Å². The van der Waals surface area contributed by atoms with Gasteiger partial charge in [0.25, 0.3) is 0 Å². The summed E-state index contributed by atoms with van der Waals surface area (Å²) in [5.41, 5.74) is 8.25. The lowest BCUT2D eigenvalue weighted by Gasteiger charge is -2.10. The number of fused-ring (bicyclic) bond motifs is 1. The predicted molar refractivity (Wildman–Crippen MR) is 65.8 cm³/mol. The third-order valence-electron chi connectivity index (χ3n) is 2.69. The van der Waals surface area contributed by atoms with Crippen molar-refractivity contribution < 1.29 is 9.90 Å². The lowest BCUT2D eigenvalue weighted by molar-refractivity contribution is -0.138. The molecule has 0 aliphatic rings. The molecule has 0 aliphatic carbocycles. The third kappa shape index (κ3) is 2.42. The zero-order valence-electron chi connectivity index (χ0n) is 9.55. The SMILES string of the molecule is Cc1cc(C[C@@H](N)C(=O)O)c2ccccc2n1. The maximum atomic E-state index is 10.8. The molecule has 0 radical (unpaired) electrons. The van der Waals surface area contributed by atoms with Crippen LogP contribution in [0.2, 0.25) is 0 Å². The first-order valence-electron chi connectivity index (χ1n) is 5.41. The van der Waals surface area contributed by atoms with Crippen molar-refractivity contribution in [2.75, 3.05) is 0 Å². The van der Waals surface area contributed by atoms with Gasteiger partial charge in [-0.05, 0) is 31.0 Å². The molecule has 2 aromatic rings. The number of nitrogens with zero attached hydrogens (tertiary/aromatic N) is 1. The largest absolute Gasteiger partial charge is 0.480 e. The molecule has 3 N–H and O–H groups in total. The quantitative estimate of drug-likeness (QED) is 0.837. The first-order chi connectivity index (χ1) is 8.08. The molecule has 4 nitrogen and oxygen atoms in total. The molecule has 1 atom stereocenters. The molecule has 0 spiro atoms. The molecule has 17 heavy (non-hydrogen) atoms. The van der Waals surface area contributed by atoms with Gasteiger partial charge in [-0.15, -0.1) is 0 Å². The second-order valence-electron chi connectivity index (χ2n) is 4.09. The van der Waals surface area contributed by atoms with E-state index in [1.54, 1.807) is 0 Å². The summed E-state index contributed by atoms with van der Waals surface area (Å²) in [5, 5.41) is 9.81. The number of hydrogen-bond donors (Lipinski definition) is 2. The Hall–Kier alpha value is -1.94. The lowest BCUT2D eigenvalue weighted by Crippen LogP contribution is -2.32. The lowest BCUT2D eigenvalue weighted by atomic mass is 10.0. The fraction of sp³-hybridized carbons (Fsp3) is 0.231. The van der Waals surface area contributed by atoms with E-state index in [2.05, 4.69) is 4.98 Å². The number of pyridine rings is 1. The number of carbonyl (C=O) groups is 1. The van der Waals surface area contributed by atoms with Crippen LogP contribution in [-0.2, 0) is 11.2 Å². The van der Waals surface area contributed by atoms with Crippen LogP contribution in [0, 0.1) is 6.92 Å². The monoisotopic (exact) mass is 230 g/mol. The van der Waals surface area contributed by atoms with Gasteiger partial charge in [-0.25, -0.2) is 0 Å². The van der Waals surface area contributed by atoms with Crippen molar-refractivity contribution in [2.45, 2.75) is 19.4 Å². The first kappa shape index (κ1) is 11.5. The summed E-state index contributed by atoms with van der Waals surface area (Å²) in [7, 11) is 0. The zero-order chi connectivity index (χ0) is 12.4. The van der Waals surface area contributed by atoms with Crippen LogP contribution in [0.1, 0.15) is 11.3 Å². The van der Waals surface area contributed by atoms with Crippen molar-refractivity contribution in [3.05, 3.63) is 41.6 Å². The molecule has 1 aromatic carbocycles. The van der Waals surface area contributed by atoms with Crippen molar-refractivity contribution in [1.29, 1.82) is 0 Å². The van der Waals surface area contributed by atoms with Crippen molar-refractivity contribution in [3.63, 3.8) is 0 Å². The van der Waals surface area contributed by atoms with E-state index in [0.717, 1.165) is 22.2 Å². The molecule has 4 heteroatoms. The number of carboxylic acid groups (broad SMARTS) is 1. The molecule has 88 valence electrons. The number of aryl methyl sites for hydroxylation is 1. The molecule has 0 bridgehead atoms. The average molecular weight is 230 g/mol. The van der Waals surface area contributed by atoms with Gasteiger partial charge in [0.15, 0.2) is 0 Å². The molecular formula is C13H14N2O2. The number of rotatable bonds is 3. The Balaban J connectivity index is 2.49. The van der Waals surface area contributed by atoms with Crippen LogP contribution in [0.3, 0.4) is 0 Å². The minimum absolute atomic E-state index is 0.319. The Labute approximate surface area is 99.1 Å². The molecule has 0 unspecified atom stereocenters. The molecule has 1 heterocycles. The molecular weight excluding hydrogens is 216 g/mol. The summed E-state index contributed by atoms with van der Waals surface area (Å²) in [6.07, 6.45) is 0.319. The summed E-state index contributed by atoms with van der Waals surface area (Å²) >= 11 is 0. The Morgan fingerprint density at radius 2 is 2.18 bits per heavy atom. The highest BCUT2D eigenvalue weighted by Gasteiger charge is 2.14. The van der Waals surface area contributed by atoms with Gasteiger partial charge in [-0.3, -0.25) is 9.78 Å². The minimum Gasteiger partial charge on any atom is -0.480 e. The summed E-state index contributed by atoms with van der Waals surface area (Å²) < 4.78 is 0. The Kier molecular flexibility index (Phi) is 3.06. The first-order valence-corrected chi connectivity index (χ1v) is 5.41. The standard InChI is InChI=1S/C13H14N2O2/c1-8-6-9(7-11(14)13(16)17)10-4-2-3-5-12(10)15-8/h2-6,11H,7,14H2,1H3,(H,16,17)/t11-/m1/s1. The van der Waals surface area contributed by atoms with Crippen LogP contribution in [0.4, 0.5) is 0 Å². The van der Waals surface area contributed by atoms with E-state index in [9.17, 15) is 4.79 Å². The highest BCUT2D eigenvalue weighted by atomic mass is 16.4. The highest BCUT2D eigenvalue weighted by molar-refractivity contribution is 5.83. The van der Waals surface area contributed by atoms with E-state index >= 15 is 0 Å². The number of aromatic nitrogens is 1. The van der Waals surface area contributed by atoms with Crippen LogP contribution in [0.25, 0.3) is 10.9 Å². The molecule has 2 rings (SSSR count). The third-order valence-corrected chi connectivity index (χ3v) is 2.69. The molecule has 0 aliphatic heterocycles. The molecule has 0 saturated heterocycles. The maximum absolute atomic E-state index is 10.8. The van der Waals surface area contributed by atoms with Gasteiger partial charge in [-0.1, -0.05) is 18.2 Å². The molecule has 1 aromatic heterocycles. The van der Waals surface area contributed by atoms with Crippen LogP contribution >= 0.6 is 0 Å². The Morgan fingerprint density at radius 3 is 2.88 bits per heavy atom. The molecule has 0 saturated carbocycles. The van der Waals surface area contributed by atoms with E-state index in [1.807, 2.05) is 37.3 Å². The summed E-state index contributed by atoms with van der Waals surface area (Å²) in [4.78, 5) is 15.2. The van der Waals surface area contributed by atoms with Gasteiger partial charge in [0.05, 0.1) is 5.52 Å². The number of benzene rings is 1. The Bertz CT molecular complexity index is 566. The van der Waals surface area contributed by atoms with Crippen molar-refractivity contribution in [3.8, 4) is 0 Å². The summed E-state index contributed by atoms with van der Waals surface area (Å²) in [6, 6.07) is 8.69. The van der Waals surface area contributed by atoms with E-state index in [0.29, 0.717) is 6.42 Å². The fourth-order valence-corrected chi connectivity index (χ4v) is 1.89. The second kappa shape index (κ2) is 4.51. The van der Waals surface area contributed by atoms with Crippen LogP contribution in [0.15, 0.2) is 30.3 Å². The number of para-hydroxylation sites is 1. The Morgan fingerprint density at radius 1 is 1.47 bits per heavy atom. The molecule has 0 amide bonds. The second-order valence-corrected chi connectivity index (χ2v) is 4.09. The number of nitrogens with two attached hydrogens (primary N) is 1.